The molecule has 0 saturated carbocycles. The molecule has 0 fully saturated rings. The standard InChI is InChI=1S/C16H12Cl2N2O/c17-13-7-8-15(14(18)10-13)20-16(21)12-5-3-11(4-6-12)2-1-9-19/h3-8,10H,9,19H2,(H,20,21). The van der Waals surface area contributed by atoms with E-state index in [9.17, 15) is 4.79 Å². The van der Waals surface area contributed by atoms with E-state index < -0.39 is 0 Å². The molecule has 2 aromatic rings. The van der Waals surface area contributed by atoms with Crippen LogP contribution in [-0.2, 0) is 0 Å². The van der Waals surface area contributed by atoms with Crippen LogP contribution in [0.15, 0.2) is 42.5 Å². The van der Waals surface area contributed by atoms with E-state index in [0.717, 1.165) is 5.56 Å². The molecule has 0 aliphatic heterocycles. The van der Waals surface area contributed by atoms with Gasteiger partial charge in [0.25, 0.3) is 5.91 Å². The van der Waals surface area contributed by atoms with Gasteiger partial charge in [-0.25, -0.2) is 0 Å². The molecule has 3 nitrogen and oxygen atoms in total. The quantitative estimate of drug-likeness (QED) is 0.832. The summed E-state index contributed by atoms with van der Waals surface area (Å²) in [5.74, 6) is 5.39. The van der Waals surface area contributed by atoms with Crippen molar-refractivity contribution in [3.63, 3.8) is 0 Å². The van der Waals surface area contributed by atoms with Gasteiger partial charge < -0.3 is 11.1 Å². The van der Waals surface area contributed by atoms with Crippen LogP contribution in [0.5, 0.6) is 0 Å². The zero-order valence-corrected chi connectivity index (χ0v) is 12.5. The number of benzene rings is 2. The van der Waals surface area contributed by atoms with Gasteiger partial charge in [0, 0.05) is 16.1 Å². The van der Waals surface area contributed by atoms with Gasteiger partial charge in [0.05, 0.1) is 17.3 Å². The summed E-state index contributed by atoms with van der Waals surface area (Å²) in [7, 11) is 0. The van der Waals surface area contributed by atoms with E-state index >= 15 is 0 Å². The lowest BCUT2D eigenvalue weighted by Crippen LogP contribution is -2.12. The fourth-order valence-corrected chi connectivity index (χ4v) is 2.10. The van der Waals surface area contributed by atoms with Crippen LogP contribution in [-0.4, -0.2) is 12.5 Å². The highest BCUT2D eigenvalue weighted by Gasteiger charge is 2.08. The van der Waals surface area contributed by atoms with Gasteiger partial charge in [0.15, 0.2) is 0 Å². The zero-order chi connectivity index (χ0) is 15.2. The Hall–Kier alpha value is -1.99. The number of nitrogens with two attached hydrogens (primary N) is 1. The Bertz CT molecular complexity index is 715. The van der Waals surface area contributed by atoms with Crippen LogP contribution >= 0.6 is 23.2 Å². The van der Waals surface area contributed by atoms with Crippen molar-refractivity contribution in [2.24, 2.45) is 5.73 Å². The number of anilines is 1. The molecule has 0 unspecified atom stereocenters. The number of carbonyl (C=O) groups excluding carboxylic acids is 1. The molecule has 0 spiro atoms. The van der Waals surface area contributed by atoms with Gasteiger partial charge in [-0.15, -0.1) is 0 Å². The molecule has 3 N–H and O–H groups in total. The predicted molar refractivity (Wildman–Crippen MR) is 86.8 cm³/mol. The van der Waals surface area contributed by atoms with E-state index in [-0.39, 0.29) is 5.91 Å². The highest BCUT2D eigenvalue weighted by atomic mass is 35.5. The summed E-state index contributed by atoms with van der Waals surface area (Å²) < 4.78 is 0. The molecule has 0 saturated heterocycles. The Balaban J connectivity index is 2.13. The van der Waals surface area contributed by atoms with Crippen molar-refractivity contribution in [3.8, 4) is 11.8 Å². The van der Waals surface area contributed by atoms with Crippen LogP contribution in [0.4, 0.5) is 5.69 Å². The van der Waals surface area contributed by atoms with Gasteiger partial charge in [-0.2, -0.15) is 0 Å². The summed E-state index contributed by atoms with van der Waals surface area (Å²) in [6.07, 6.45) is 0. The molecule has 1 amide bonds. The Labute approximate surface area is 133 Å². The maximum absolute atomic E-state index is 12.1. The Kier molecular flexibility index (Phi) is 5.24. The first kappa shape index (κ1) is 15.4. The molecule has 0 aliphatic rings. The number of rotatable bonds is 2. The molecule has 0 bridgehead atoms. The monoisotopic (exact) mass is 318 g/mol. The van der Waals surface area contributed by atoms with Gasteiger partial charge in [-0.05, 0) is 42.5 Å². The smallest absolute Gasteiger partial charge is 0.255 e. The molecule has 106 valence electrons. The maximum Gasteiger partial charge on any atom is 0.255 e. The van der Waals surface area contributed by atoms with Crippen molar-refractivity contribution in [2.45, 2.75) is 0 Å². The SMILES string of the molecule is NCC#Cc1ccc(C(=O)Nc2ccc(Cl)cc2Cl)cc1. The Morgan fingerprint density at radius 1 is 1.14 bits per heavy atom. The molecular weight excluding hydrogens is 307 g/mol. The van der Waals surface area contributed by atoms with Crippen molar-refractivity contribution in [1.82, 2.24) is 0 Å². The summed E-state index contributed by atoms with van der Waals surface area (Å²) in [4.78, 5) is 12.1. The third kappa shape index (κ3) is 4.24. The van der Waals surface area contributed by atoms with Gasteiger partial charge in [-0.3, -0.25) is 4.79 Å². The third-order valence-electron chi connectivity index (χ3n) is 2.66. The molecule has 0 aromatic heterocycles. The van der Waals surface area contributed by atoms with Crippen molar-refractivity contribution in [1.29, 1.82) is 0 Å². The maximum atomic E-state index is 12.1. The van der Waals surface area contributed by atoms with E-state index in [1.54, 1.807) is 42.5 Å². The van der Waals surface area contributed by atoms with E-state index in [0.29, 0.717) is 27.8 Å². The Morgan fingerprint density at radius 3 is 2.48 bits per heavy atom. The van der Waals surface area contributed by atoms with Crippen LogP contribution in [0.1, 0.15) is 15.9 Å². The zero-order valence-electron chi connectivity index (χ0n) is 11.0. The largest absolute Gasteiger partial charge is 0.321 e. The average molecular weight is 319 g/mol. The number of hydrogen-bond donors (Lipinski definition) is 2. The highest BCUT2D eigenvalue weighted by Crippen LogP contribution is 2.25. The van der Waals surface area contributed by atoms with Gasteiger partial charge in [0.2, 0.25) is 0 Å². The lowest BCUT2D eigenvalue weighted by Gasteiger charge is -2.07. The number of carbonyl (C=O) groups is 1. The molecule has 0 heterocycles. The fraction of sp³-hybridized carbons (Fsp3) is 0.0625. The third-order valence-corrected chi connectivity index (χ3v) is 3.21. The number of amides is 1. The van der Waals surface area contributed by atoms with Crippen LogP contribution in [0.25, 0.3) is 0 Å². The molecule has 2 rings (SSSR count). The molecule has 2 aromatic carbocycles. The van der Waals surface area contributed by atoms with Crippen molar-refractivity contribution in [2.75, 3.05) is 11.9 Å². The molecule has 21 heavy (non-hydrogen) atoms. The van der Waals surface area contributed by atoms with Gasteiger partial charge in [-0.1, -0.05) is 35.0 Å². The second-order valence-corrected chi connectivity index (χ2v) is 5.01. The number of nitrogens with one attached hydrogen (secondary N) is 1. The molecule has 0 radical (unpaired) electrons. The Morgan fingerprint density at radius 2 is 1.86 bits per heavy atom. The van der Waals surface area contributed by atoms with Gasteiger partial charge >= 0.3 is 0 Å². The summed E-state index contributed by atoms with van der Waals surface area (Å²) in [6.45, 7) is 0.303. The van der Waals surface area contributed by atoms with Crippen molar-refractivity contribution < 1.29 is 4.79 Å². The second kappa shape index (κ2) is 7.14. The highest BCUT2D eigenvalue weighted by molar-refractivity contribution is 6.36. The van der Waals surface area contributed by atoms with E-state index in [1.165, 1.54) is 0 Å². The second-order valence-electron chi connectivity index (χ2n) is 4.16. The van der Waals surface area contributed by atoms with E-state index in [2.05, 4.69) is 17.2 Å². The summed E-state index contributed by atoms with van der Waals surface area (Å²) >= 11 is 11.8. The van der Waals surface area contributed by atoms with Crippen LogP contribution in [0.2, 0.25) is 10.0 Å². The lowest BCUT2D eigenvalue weighted by atomic mass is 10.1. The topological polar surface area (TPSA) is 55.1 Å². The minimum atomic E-state index is -0.252. The first-order valence-electron chi connectivity index (χ1n) is 6.15. The normalized spacial score (nSPS) is 9.67. The lowest BCUT2D eigenvalue weighted by molar-refractivity contribution is 0.102. The minimum absolute atomic E-state index is 0.252. The first-order valence-corrected chi connectivity index (χ1v) is 6.91. The first-order chi connectivity index (χ1) is 10.1. The fourth-order valence-electron chi connectivity index (χ4n) is 1.64. The van der Waals surface area contributed by atoms with E-state index in [1.807, 2.05) is 0 Å². The number of hydrogen-bond acceptors (Lipinski definition) is 2. The molecule has 0 atom stereocenters. The van der Waals surface area contributed by atoms with Crippen molar-refractivity contribution >= 4 is 34.8 Å². The summed E-state index contributed by atoms with van der Waals surface area (Å²) in [5, 5.41) is 3.64. The molecule has 5 heteroatoms. The van der Waals surface area contributed by atoms with Gasteiger partial charge in [0.1, 0.15) is 0 Å². The number of halogens is 2. The summed E-state index contributed by atoms with van der Waals surface area (Å²) in [5.41, 5.74) is 7.14. The molecule has 0 aliphatic carbocycles. The minimum Gasteiger partial charge on any atom is -0.321 e. The average Bonchev–Trinajstić information content (AvgIpc) is 2.48. The predicted octanol–water partition coefficient (Wildman–Crippen LogP) is 3.56. The summed E-state index contributed by atoms with van der Waals surface area (Å²) in [6, 6.07) is 11.8. The molecular formula is C16H12Cl2N2O. The van der Waals surface area contributed by atoms with Crippen LogP contribution in [0.3, 0.4) is 0 Å². The van der Waals surface area contributed by atoms with E-state index in [4.69, 9.17) is 28.9 Å². The van der Waals surface area contributed by atoms with Crippen LogP contribution < -0.4 is 11.1 Å². The van der Waals surface area contributed by atoms with Crippen LogP contribution in [0, 0.1) is 11.8 Å². The van der Waals surface area contributed by atoms with Crippen molar-refractivity contribution in [3.05, 3.63) is 63.6 Å².